The molecule has 21 heavy (non-hydrogen) atoms. The third-order valence-corrected chi connectivity index (χ3v) is 3.46. The van der Waals surface area contributed by atoms with Crippen molar-refractivity contribution in [3.05, 3.63) is 22.2 Å². The van der Waals surface area contributed by atoms with Gasteiger partial charge in [-0.15, -0.1) is 0 Å². The van der Waals surface area contributed by atoms with Crippen LogP contribution in [0.3, 0.4) is 0 Å². The van der Waals surface area contributed by atoms with Gasteiger partial charge in [-0.25, -0.2) is 4.63 Å². The number of nitro groups is 1. The Bertz CT molecular complexity index is 652. The summed E-state index contributed by atoms with van der Waals surface area (Å²) in [5, 5.41) is 18.5. The topological polar surface area (TPSA) is 111 Å². The van der Waals surface area contributed by atoms with E-state index in [1.54, 1.807) is 6.07 Å². The summed E-state index contributed by atoms with van der Waals surface area (Å²) in [7, 11) is 0. The van der Waals surface area contributed by atoms with E-state index < -0.39 is 4.92 Å². The Hall–Kier alpha value is -2.22. The highest BCUT2D eigenvalue weighted by molar-refractivity contribution is 5.93. The number of anilines is 1. The number of hydrogen-bond acceptors (Lipinski definition) is 7. The molecule has 2 N–H and O–H groups in total. The van der Waals surface area contributed by atoms with Crippen molar-refractivity contribution in [2.75, 3.05) is 24.5 Å². The summed E-state index contributed by atoms with van der Waals surface area (Å²) in [5.74, 6) is 0. The number of hydrogen-bond donors (Lipinski definition) is 1. The molecule has 0 bridgehead atoms. The van der Waals surface area contributed by atoms with Crippen LogP contribution >= 0.6 is 0 Å². The standard InChI is InChI=1S/C13H19N5O3/c1-4-17(8-13(2,3)7-14)9-5-6-10(18(19)20)12-11(9)15-21-16-12/h5-6H,4,7-8,14H2,1-3H3. The zero-order valence-electron chi connectivity index (χ0n) is 12.4. The lowest BCUT2D eigenvalue weighted by molar-refractivity contribution is -0.383. The Balaban J connectivity index is 2.48. The molecule has 0 fully saturated rings. The fraction of sp³-hybridized carbons (Fsp3) is 0.538. The van der Waals surface area contributed by atoms with Crippen molar-refractivity contribution >= 4 is 22.4 Å². The molecule has 0 aliphatic rings. The first kappa shape index (κ1) is 15.2. The summed E-state index contributed by atoms with van der Waals surface area (Å²) in [6, 6.07) is 3.11. The Morgan fingerprint density at radius 1 is 1.38 bits per heavy atom. The molecule has 2 aromatic rings. The molecule has 2 rings (SSSR count). The Labute approximate surface area is 122 Å². The largest absolute Gasteiger partial charge is 0.369 e. The van der Waals surface area contributed by atoms with Crippen molar-refractivity contribution in [2.45, 2.75) is 20.8 Å². The highest BCUT2D eigenvalue weighted by Crippen LogP contribution is 2.32. The Kier molecular flexibility index (Phi) is 4.08. The first-order valence-corrected chi connectivity index (χ1v) is 6.74. The monoisotopic (exact) mass is 293 g/mol. The lowest BCUT2D eigenvalue weighted by Gasteiger charge is -2.32. The molecule has 0 saturated heterocycles. The number of nitrogens with two attached hydrogens (primary N) is 1. The molecule has 0 amide bonds. The van der Waals surface area contributed by atoms with Crippen LogP contribution in [0.4, 0.5) is 11.4 Å². The number of nitrogens with zero attached hydrogens (tertiary/aromatic N) is 4. The molecule has 0 saturated carbocycles. The Morgan fingerprint density at radius 3 is 2.62 bits per heavy atom. The van der Waals surface area contributed by atoms with Gasteiger partial charge < -0.3 is 10.6 Å². The predicted molar refractivity (Wildman–Crippen MR) is 79.2 cm³/mol. The predicted octanol–water partition coefficient (Wildman–Crippen LogP) is 1.94. The maximum atomic E-state index is 11.0. The highest BCUT2D eigenvalue weighted by atomic mass is 16.6. The fourth-order valence-electron chi connectivity index (χ4n) is 2.19. The van der Waals surface area contributed by atoms with Crippen LogP contribution in [0.15, 0.2) is 16.8 Å². The zero-order chi connectivity index (χ0) is 15.6. The molecule has 0 aliphatic heterocycles. The zero-order valence-corrected chi connectivity index (χ0v) is 12.4. The minimum absolute atomic E-state index is 0.0821. The third-order valence-electron chi connectivity index (χ3n) is 3.46. The fourth-order valence-corrected chi connectivity index (χ4v) is 2.19. The summed E-state index contributed by atoms with van der Waals surface area (Å²) in [5.41, 5.74) is 6.93. The first-order valence-electron chi connectivity index (χ1n) is 6.74. The molecule has 1 aromatic heterocycles. The number of nitro benzene ring substituents is 1. The van der Waals surface area contributed by atoms with Gasteiger partial charge in [0.25, 0.3) is 0 Å². The summed E-state index contributed by atoms with van der Waals surface area (Å²) in [6.07, 6.45) is 0. The number of rotatable bonds is 6. The molecular weight excluding hydrogens is 274 g/mol. The van der Waals surface area contributed by atoms with Gasteiger partial charge in [0, 0.05) is 19.2 Å². The second-order valence-corrected chi connectivity index (χ2v) is 5.70. The van der Waals surface area contributed by atoms with Gasteiger partial charge >= 0.3 is 5.69 Å². The average molecular weight is 293 g/mol. The lowest BCUT2D eigenvalue weighted by atomic mass is 9.93. The first-order chi connectivity index (χ1) is 9.89. The average Bonchev–Trinajstić information content (AvgIpc) is 2.93. The maximum absolute atomic E-state index is 11.0. The number of aromatic nitrogens is 2. The van der Waals surface area contributed by atoms with Crippen molar-refractivity contribution in [2.24, 2.45) is 11.1 Å². The number of fused-ring (bicyclic) bond motifs is 1. The molecule has 0 aliphatic carbocycles. The second kappa shape index (κ2) is 5.65. The van der Waals surface area contributed by atoms with Gasteiger partial charge in [0.15, 0.2) is 5.52 Å². The van der Waals surface area contributed by atoms with Crippen LogP contribution in [-0.4, -0.2) is 34.9 Å². The molecular formula is C13H19N5O3. The molecule has 8 nitrogen and oxygen atoms in total. The van der Waals surface area contributed by atoms with Crippen molar-refractivity contribution < 1.29 is 9.55 Å². The van der Waals surface area contributed by atoms with Crippen molar-refractivity contribution in [3.63, 3.8) is 0 Å². The molecule has 8 heteroatoms. The van der Waals surface area contributed by atoms with Gasteiger partial charge in [-0.1, -0.05) is 13.8 Å². The normalized spacial score (nSPS) is 11.8. The van der Waals surface area contributed by atoms with Gasteiger partial charge in [-0.3, -0.25) is 10.1 Å². The summed E-state index contributed by atoms with van der Waals surface area (Å²) < 4.78 is 4.69. The van der Waals surface area contributed by atoms with E-state index in [0.717, 1.165) is 12.2 Å². The molecule has 0 radical (unpaired) electrons. The van der Waals surface area contributed by atoms with Gasteiger partial charge in [0.1, 0.15) is 0 Å². The van der Waals surface area contributed by atoms with Crippen LogP contribution in [-0.2, 0) is 0 Å². The lowest BCUT2D eigenvalue weighted by Crippen LogP contribution is -2.38. The number of non-ortho nitro benzene ring substituents is 1. The van der Waals surface area contributed by atoms with Crippen molar-refractivity contribution in [1.29, 1.82) is 0 Å². The van der Waals surface area contributed by atoms with E-state index in [1.165, 1.54) is 6.07 Å². The van der Waals surface area contributed by atoms with Gasteiger partial charge in [-0.2, -0.15) is 0 Å². The minimum Gasteiger partial charge on any atom is -0.369 e. The minimum atomic E-state index is -0.490. The van der Waals surface area contributed by atoms with Gasteiger partial charge in [0.2, 0.25) is 5.52 Å². The number of benzene rings is 1. The van der Waals surface area contributed by atoms with Crippen LogP contribution < -0.4 is 10.6 Å². The summed E-state index contributed by atoms with van der Waals surface area (Å²) in [6.45, 7) is 8.12. The van der Waals surface area contributed by atoms with E-state index in [2.05, 4.69) is 29.1 Å². The summed E-state index contributed by atoms with van der Waals surface area (Å²) in [4.78, 5) is 12.6. The van der Waals surface area contributed by atoms with E-state index in [9.17, 15) is 10.1 Å². The van der Waals surface area contributed by atoms with E-state index in [-0.39, 0.29) is 16.6 Å². The molecule has 1 aromatic carbocycles. The van der Waals surface area contributed by atoms with E-state index >= 15 is 0 Å². The molecule has 1 heterocycles. The van der Waals surface area contributed by atoms with E-state index in [4.69, 9.17) is 10.4 Å². The SMILES string of the molecule is CCN(CC(C)(C)CN)c1ccc([N+](=O)[O-])c2nonc12. The van der Waals surface area contributed by atoms with E-state index in [1.807, 2.05) is 6.92 Å². The molecule has 0 unspecified atom stereocenters. The second-order valence-electron chi connectivity index (χ2n) is 5.70. The molecule has 0 spiro atoms. The van der Waals surface area contributed by atoms with Crippen LogP contribution in [0.25, 0.3) is 11.0 Å². The van der Waals surface area contributed by atoms with Crippen molar-refractivity contribution in [3.8, 4) is 0 Å². The molecule has 0 atom stereocenters. The van der Waals surface area contributed by atoms with Crippen molar-refractivity contribution in [1.82, 2.24) is 10.3 Å². The highest BCUT2D eigenvalue weighted by Gasteiger charge is 2.25. The summed E-state index contributed by atoms with van der Waals surface area (Å²) >= 11 is 0. The smallest absolute Gasteiger partial charge is 0.300 e. The Morgan fingerprint density at radius 2 is 2.05 bits per heavy atom. The van der Waals surface area contributed by atoms with Crippen LogP contribution in [0, 0.1) is 15.5 Å². The van der Waals surface area contributed by atoms with Gasteiger partial charge in [0.05, 0.1) is 10.6 Å². The van der Waals surface area contributed by atoms with Crippen LogP contribution in [0.2, 0.25) is 0 Å². The van der Waals surface area contributed by atoms with Crippen LogP contribution in [0.5, 0.6) is 0 Å². The quantitative estimate of drug-likeness (QED) is 0.639. The van der Waals surface area contributed by atoms with E-state index in [0.29, 0.717) is 18.6 Å². The van der Waals surface area contributed by atoms with Crippen LogP contribution in [0.1, 0.15) is 20.8 Å². The molecule has 114 valence electrons. The van der Waals surface area contributed by atoms with Gasteiger partial charge in [-0.05, 0) is 35.3 Å². The maximum Gasteiger partial charge on any atom is 0.300 e. The third kappa shape index (κ3) is 2.94.